The number of rotatable bonds is 3. The average molecular weight is 296 g/mol. The molecule has 1 aliphatic rings. The summed E-state index contributed by atoms with van der Waals surface area (Å²) in [6, 6.07) is 0. The third kappa shape index (κ3) is 2.27. The number of carbonyl (C=O) groups is 2. The van der Waals surface area contributed by atoms with Gasteiger partial charge < -0.3 is 10.2 Å². The molecular weight excluding hydrogens is 277 g/mol. The second kappa shape index (κ2) is 4.93. The number of hydrogen-bond acceptors (Lipinski definition) is 2. The highest BCUT2D eigenvalue weighted by molar-refractivity contribution is 5.78. The predicted octanol–water partition coefficient (Wildman–Crippen LogP) is 3.17. The molecular formula is C13H19F3O4. The van der Waals surface area contributed by atoms with Gasteiger partial charge in [0, 0.05) is 0 Å². The standard InChI is InChI=1S/C13H19F3O4/c1-4-12(10(19)20)6-8(9(17)18)11(3,5-7(12)2)13(14,15)16/h7-8H,4-6H2,1-3H3,(H,17,18)(H,19,20). The van der Waals surface area contributed by atoms with Crippen LogP contribution >= 0.6 is 0 Å². The average Bonchev–Trinajstić information content (AvgIpc) is 2.27. The van der Waals surface area contributed by atoms with E-state index in [2.05, 4.69) is 0 Å². The Kier molecular flexibility index (Phi) is 4.14. The summed E-state index contributed by atoms with van der Waals surface area (Å²) in [5, 5.41) is 18.5. The van der Waals surface area contributed by atoms with E-state index >= 15 is 0 Å². The van der Waals surface area contributed by atoms with Crippen LogP contribution < -0.4 is 0 Å². The summed E-state index contributed by atoms with van der Waals surface area (Å²) in [6.07, 6.45) is -5.55. The maximum atomic E-state index is 13.3. The topological polar surface area (TPSA) is 74.6 Å². The van der Waals surface area contributed by atoms with Gasteiger partial charge in [-0.3, -0.25) is 9.59 Å². The zero-order valence-electron chi connectivity index (χ0n) is 11.6. The fourth-order valence-electron chi connectivity index (χ4n) is 3.38. The quantitative estimate of drug-likeness (QED) is 0.839. The molecule has 116 valence electrons. The first-order valence-corrected chi connectivity index (χ1v) is 6.45. The van der Waals surface area contributed by atoms with Gasteiger partial charge in [0.25, 0.3) is 0 Å². The van der Waals surface area contributed by atoms with Gasteiger partial charge in [0.1, 0.15) is 0 Å². The van der Waals surface area contributed by atoms with Gasteiger partial charge in [0.2, 0.25) is 0 Å². The van der Waals surface area contributed by atoms with Crippen molar-refractivity contribution in [2.75, 3.05) is 0 Å². The van der Waals surface area contributed by atoms with Crippen LogP contribution in [-0.2, 0) is 9.59 Å². The third-order valence-corrected chi connectivity index (χ3v) is 5.01. The van der Waals surface area contributed by atoms with E-state index in [1.807, 2.05) is 0 Å². The molecule has 0 aromatic rings. The fraction of sp³-hybridized carbons (Fsp3) is 0.846. The van der Waals surface area contributed by atoms with Gasteiger partial charge in [-0.05, 0) is 25.2 Å². The number of halogens is 3. The highest BCUT2D eigenvalue weighted by Gasteiger charge is 2.65. The lowest BCUT2D eigenvalue weighted by Gasteiger charge is -2.50. The van der Waals surface area contributed by atoms with E-state index in [1.165, 1.54) is 6.92 Å². The minimum Gasteiger partial charge on any atom is -0.481 e. The van der Waals surface area contributed by atoms with Crippen LogP contribution in [0.3, 0.4) is 0 Å². The molecule has 1 saturated carbocycles. The summed E-state index contributed by atoms with van der Waals surface area (Å²) in [6.45, 7) is 3.91. The molecule has 0 bridgehead atoms. The van der Waals surface area contributed by atoms with Crippen LogP contribution in [-0.4, -0.2) is 28.3 Å². The second-order valence-corrected chi connectivity index (χ2v) is 5.93. The van der Waals surface area contributed by atoms with Crippen molar-refractivity contribution in [3.8, 4) is 0 Å². The monoisotopic (exact) mass is 296 g/mol. The summed E-state index contributed by atoms with van der Waals surface area (Å²) >= 11 is 0. The first kappa shape index (κ1) is 16.8. The molecule has 0 aromatic carbocycles. The number of alkyl halides is 3. The molecule has 1 fully saturated rings. The number of carboxylic acid groups (broad SMARTS) is 2. The smallest absolute Gasteiger partial charge is 0.395 e. The minimum absolute atomic E-state index is 0.112. The van der Waals surface area contributed by atoms with Crippen LogP contribution in [0.25, 0.3) is 0 Å². The molecule has 1 rings (SSSR count). The lowest BCUT2D eigenvalue weighted by atomic mass is 9.53. The zero-order valence-corrected chi connectivity index (χ0v) is 11.6. The Bertz CT molecular complexity index is 420. The van der Waals surface area contributed by atoms with Crippen LogP contribution in [0.4, 0.5) is 13.2 Å². The van der Waals surface area contributed by atoms with E-state index in [4.69, 9.17) is 5.11 Å². The van der Waals surface area contributed by atoms with Crippen LogP contribution in [0.5, 0.6) is 0 Å². The molecule has 4 unspecified atom stereocenters. The van der Waals surface area contributed by atoms with Crippen molar-refractivity contribution >= 4 is 11.9 Å². The maximum Gasteiger partial charge on any atom is 0.395 e. The molecule has 0 aliphatic heterocycles. The van der Waals surface area contributed by atoms with Crippen molar-refractivity contribution in [2.24, 2.45) is 22.7 Å². The predicted molar refractivity (Wildman–Crippen MR) is 64.0 cm³/mol. The summed E-state index contributed by atoms with van der Waals surface area (Å²) in [7, 11) is 0. The molecule has 2 N–H and O–H groups in total. The normalized spacial score (nSPS) is 38.5. The van der Waals surface area contributed by atoms with Gasteiger partial charge in [-0.1, -0.05) is 20.8 Å². The van der Waals surface area contributed by atoms with E-state index in [9.17, 15) is 27.9 Å². The molecule has 0 spiro atoms. The van der Waals surface area contributed by atoms with Crippen molar-refractivity contribution in [1.29, 1.82) is 0 Å². The van der Waals surface area contributed by atoms with Crippen molar-refractivity contribution in [2.45, 2.75) is 46.2 Å². The third-order valence-electron chi connectivity index (χ3n) is 5.01. The zero-order chi connectivity index (χ0) is 15.9. The lowest BCUT2D eigenvalue weighted by molar-refractivity contribution is -0.262. The van der Waals surface area contributed by atoms with Gasteiger partial charge >= 0.3 is 18.1 Å². The van der Waals surface area contributed by atoms with Gasteiger partial charge in [0.15, 0.2) is 0 Å². The minimum atomic E-state index is -4.68. The Labute approximate surface area is 115 Å². The summed E-state index contributed by atoms with van der Waals surface area (Å²) < 4.78 is 39.8. The van der Waals surface area contributed by atoms with E-state index in [0.29, 0.717) is 0 Å². The number of aliphatic carboxylic acids is 2. The molecule has 7 heteroatoms. The largest absolute Gasteiger partial charge is 0.481 e. The highest BCUT2D eigenvalue weighted by Crippen LogP contribution is 2.59. The number of carboxylic acids is 2. The molecule has 0 aromatic heterocycles. The molecule has 0 heterocycles. The Morgan fingerprint density at radius 3 is 2.05 bits per heavy atom. The second-order valence-electron chi connectivity index (χ2n) is 5.93. The first-order chi connectivity index (χ1) is 8.92. The van der Waals surface area contributed by atoms with Crippen LogP contribution in [0, 0.1) is 22.7 Å². The van der Waals surface area contributed by atoms with E-state index in [-0.39, 0.29) is 6.42 Å². The SMILES string of the molecule is CCC1(C(=O)O)CC(C(=O)O)C(C)(C(F)(F)F)CC1C. The summed E-state index contributed by atoms with van der Waals surface area (Å²) in [5.41, 5.74) is -3.81. The molecule has 0 radical (unpaired) electrons. The van der Waals surface area contributed by atoms with E-state index in [0.717, 1.165) is 6.92 Å². The van der Waals surface area contributed by atoms with Gasteiger partial charge in [-0.2, -0.15) is 13.2 Å². The molecule has 0 saturated heterocycles. The first-order valence-electron chi connectivity index (χ1n) is 6.45. The van der Waals surface area contributed by atoms with Crippen molar-refractivity contribution in [3.05, 3.63) is 0 Å². The van der Waals surface area contributed by atoms with Crippen LogP contribution in [0.2, 0.25) is 0 Å². The summed E-state index contributed by atoms with van der Waals surface area (Å²) in [5.74, 6) is -5.29. The molecule has 4 nitrogen and oxygen atoms in total. The van der Waals surface area contributed by atoms with Crippen LogP contribution in [0.1, 0.15) is 40.0 Å². The fourth-order valence-corrected chi connectivity index (χ4v) is 3.38. The Morgan fingerprint density at radius 1 is 1.25 bits per heavy atom. The Balaban J connectivity index is 3.34. The van der Waals surface area contributed by atoms with Gasteiger partial charge in [-0.15, -0.1) is 0 Å². The molecule has 1 aliphatic carbocycles. The van der Waals surface area contributed by atoms with Crippen molar-refractivity contribution < 1.29 is 33.0 Å². The number of hydrogen-bond donors (Lipinski definition) is 2. The Morgan fingerprint density at radius 2 is 1.75 bits per heavy atom. The highest BCUT2D eigenvalue weighted by atomic mass is 19.4. The molecule has 4 atom stereocenters. The van der Waals surface area contributed by atoms with Gasteiger partial charge in [0.05, 0.1) is 16.7 Å². The Hall–Kier alpha value is -1.27. The molecule has 20 heavy (non-hydrogen) atoms. The van der Waals surface area contributed by atoms with Crippen molar-refractivity contribution in [1.82, 2.24) is 0 Å². The molecule has 0 amide bonds. The lowest BCUT2D eigenvalue weighted by Crippen LogP contribution is -2.56. The van der Waals surface area contributed by atoms with Gasteiger partial charge in [-0.25, -0.2) is 0 Å². The van der Waals surface area contributed by atoms with Crippen molar-refractivity contribution in [3.63, 3.8) is 0 Å². The summed E-state index contributed by atoms with van der Waals surface area (Å²) in [4.78, 5) is 22.7. The van der Waals surface area contributed by atoms with E-state index in [1.54, 1.807) is 6.92 Å². The van der Waals surface area contributed by atoms with Crippen LogP contribution in [0.15, 0.2) is 0 Å². The van der Waals surface area contributed by atoms with E-state index < -0.39 is 53.6 Å². The maximum absolute atomic E-state index is 13.3.